The summed E-state index contributed by atoms with van der Waals surface area (Å²) in [5.41, 5.74) is -0.662. The highest BCUT2D eigenvalue weighted by molar-refractivity contribution is 7.89. The number of carboxylic acids is 1. The fourth-order valence-corrected chi connectivity index (χ4v) is 5.44. The normalized spacial score (nSPS) is 16.3. The number of hydrogen-bond acceptors (Lipinski definition) is 5. The number of sulfonamides is 1. The van der Waals surface area contributed by atoms with Crippen LogP contribution in [0.25, 0.3) is 0 Å². The summed E-state index contributed by atoms with van der Waals surface area (Å²) in [5.74, 6) is -1.44. The van der Waals surface area contributed by atoms with Gasteiger partial charge in [0, 0.05) is 25.2 Å². The Kier molecular flexibility index (Phi) is 7.20. The first kappa shape index (κ1) is 23.7. The molecule has 1 unspecified atom stereocenters. The number of nitrogens with zero attached hydrogens (tertiary/aromatic N) is 1. The molecule has 0 bridgehead atoms. The van der Waals surface area contributed by atoms with Crippen molar-refractivity contribution in [3.63, 3.8) is 0 Å². The first-order valence-electron chi connectivity index (χ1n) is 10.5. The zero-order valence-electron chi connectivity index (χ0n) is 18.2. The van der Waals surface area contributed by atoms with Gasteiger partial charge >= 0.3 is 5.97 Å². The Bertz CT molecular complexity index is 1080. The second kappa shape index (κ2) is 9.70. The van der Waals surface area contributed by atoms with Crippen molar-refractivity contribution in [1.29, 1.82) is 0 Å². The Balaban J connectivity index is 1.87. The van der Waals surface area contributed by atoms with Crippen molar-refractivity contribution in [1.82, 2.24) is 4.31 Å². The summed E-state index contributed by atoms with van der Waals surface area (Å²) in [7, 11) is -3.78. The molecule has 172 valence electrons. The summed E-state index contributed by atoms with van der Waals surface area (Å²) < 4.78 is 33.2. The van der Waals surface area contributed by atoms with E-state index in [0.29, 0.717) is 25.3 Å². The second-order valence-corrected chi connectivity index (χ2v) is 9.84. The van der Waals surface area contributed by atoms with Gasteiger partial charge in [0.15, 0.2) is 0 Å². The average Bonchev–Trinajstić information content (AvgIpc) is 3.31. The van der Waals surface area contributed by atoms with Gasteiger partial charge < -0.3 is 15.2 Å². The van der Waals surface area contributed by atoms with Crippen LogP contribution in [0.1, 0.15) is 38.7 Å². The van der Waals surface area contributed by atoms with Gasteiger partial charge in [-0.05, 0) is 50.5 Å². The van der Waals surface area contributed by atoms with Crippen LogP contribution in [-0.2, 0) is 25.0 Å². The highest BCUT2D eigenvalue weighted by Crippen LogP contribution is 2.33. The van der Waals surface area contributed by atoms with E-state index in [-0.39, 0.29) is 22.8 Å². The number of ether oxygens (including phenoxy) is 1. The molecule has 1 atom stereocenters. The highest BCUT2D eigenvalue weighted by Gasteiger charge is 2.37. The van der Waals surface area contributed by atoms with Crippen molar-refractivity contribution < 1.29 is 27.9 Å². The quantitative estimate of drug-likeness (QED) is 0.594. The molecule has 0 aromatic heterocycles. The van der Waals surface area contributed by atoms with E-state index < -0.39 is 27.3 Å². The standard InChI is InChI=1S/C23H28N2O6S/c1-3-31-19-12-11-18(15-20(19)32(29,30)25-13-7-8-14-25)24-21(26)16-23(2,22(27)28)17-9-5-4-6-10-17/h4-6,9-12,15H,3,7-8,13-14,16H2,1-2H3,(H,24,26)(H,27,28). The van der Waals surface area contributed by atoms with Gasteiger partial charge in [0.05, 0.1) is 12.0 Å². The highest BCUT2D eigenvalue weighted by atomic mass is 32.2. The summed E-state index contributed by atoms with van der Waals surface area (Å²) in [5, 5.41) is 12.4. The molecule has 0 saturated carbocycles. The van der Waals surface area contributed by atoms with E-state index >= 15 is 0 Å². The predicted octanol–water partition coefficient (Wildman–Crippen LogP) is 3.24. The molecule has 1 saturated heterocycles. The van der Waals surface area contributed by atoms with Crippen molar-refractivity contribution in [2.45, 2.75) is 43.4 Å². The average molecular weight is 461 g/mol. The molecular formula is C23H28N2O6S. The summed E-state index contributed by atoms with van der Waals surface area (Å²) >= 11 is 0. The Hall–Kier alpha value is -2.91. The van der Waals surface area contributed by atoms with E-state index in [1.165, 1.54) is 23.4 Å². The molecule has 1 amide bonds. The fraction of sp³-hybridized carbons (Fsp3) is 0.391. The van der Waals surface area contributed by atoms with Crippen LogP contribution in [0, 0.1) is 0 Å². The number of rotatable bonds is 9. The van der Waals surface area contributed by atoms with Crippen LogP contribution in [0.3, 0.4) is 0 Å². The largest absolute Gasteiger partial charge is 0.492 e. The van der Waals surface area contributed by atoms with Gasteiger partial charge in [0.1, 0.15) is 10.6 Å². The summed E-state index contributed by atoms with van der Waals surface area (Å²) in [6.45, 7) is 4.43. The molecule has 8 nitrogen and oxygen atoms in total. The van der Waals surface area contributed by atoms with Crippen LogP contribution in [-0.4, -0.2) is 49.4 Å². The smallest absolute Gasteiger partial charge is 0.314 e. The molecule has 1 heterocycles. The van der Waals surface area contributed by atoms with Crippen molar-refractivity contribution in [3.8, 4) is 5.75 Å². The number of amides is 1. The van der Waals surface area contributed by atoms with Gasteiger partial charge in [-0.25, -0.2) is 8.42 Å². The van der Waals surface area contributed by atoms with Gasteiger partial charge in [0.2, 0.25) is 15.9 Å². The van der Waals surface area contributed by atoms with Crippen molar-refractivity contribution in [2.24, 2.45) is 0 Å². The Morgan fingerprint density at radius 2 is 1.78 bits per heavy atom. The number of anilines is 1. The number of carbonyl (C=O) groups excluding carboxylic acids is 1. The molecule has 3 rings (SSSR count). The fourth-order valence-electron chi connectivity index (χ4n) is 3.76. The number of carboxylic acid groups (broad SMARTS) is 1. The third-order valence-electron chi connectivity index (χ3n) is 5.61. The molecule has 32 heavy (non-hydrogen) atoms. The van der Waals surface area contributed by atoms with Gasteiger partial charge in [0.25, 0.3) is 0 Å². The molecule has 0 radical (unpaired) electrons. The number of carbonyl (C=O) groups is 2. The van der Waals surface area contributed by atoms with Crippen LogP contribution in [0.5, 0.6) is 5.75 Å². The zero-order valence-corrected chi connectivity index (χ0v) is 19.0. The monoisotopic (exact) mass is 460 g/mol. The molecule has 1 fully saturated rings. The molecule has 2 aromatic carbocycles. The lowest BCUT2D eigenvalue weighted by Crippen LogP contribution is -2.36. The molecule has 2 aromatic rings. The van der Waals surface area contributed by atoms with Crippen LogP contribution in [0.15, 0.2) is 53.4 Å². The Morgan fingerprint density at radius 1 is 1.12 bits per heavy atom. The second-order valence-electron chi connectivity index (χ2n) is 7.93. The number of aliphatic carboxylic acids is 1. The van der Waals surface area contributed by atoms with Crippen LogP contribution < -0.4 is 10.1 Å². The van der Waals surface area contributed by atoms with Gasteiger partial charge in [-0.1, -0.05) is 30.3 Å². The minimum absolute atomic E-state index is 0.0110. The molecule has 1 aliphatic rings. The van der Waals surface area contributed by atoms with Gasteiger partial charge in [-0.15, -0.1) is 0 Å². The molecule has 2 N–H and O–H groups in total. The minimum Gasteiger partial charge on any atom is -0.492 e. The Morgan fingerprint density at radius 3 is 2.38 bits per heavy atom. The van der Waals surface area contributed by atoms with E-state index in [1.54, 1.807) is 43.3 Å². The lowest BCUT2D eigenvalue weighted by Gasteiger charge is -2.25. The van der Waals surface area contributed by atoms with E-state index in [2.05, 4.69) is 5.32 Å². The van der Waals surface area contributed by atoms with E-state index in [0.717, 1.165) is 12.8 Å². The maximum Gasteiger partial charge on any atom is 0.314 e. The first-order valence-corrected chi connectivity index (χ1v) is 12.0. The first-order chi connectivity index (χ1) is 15.2. The van der Waals surface area contributed by atoms with E-state index in [9.17, 15) is 23.1 Å². The van der Waals surface area contributed by atoms with Crippen molar-refractivity contribution in [2.75, 3.05) is 25.0 Å². The van der Waals surface area contributed by atoms with Gasteiger partial charge in [-0.3, -0.25) is 9.59 Å². The third-order valence-corrected chi connectivity index (χ3v) is 7.53. The van der Waals surface area contributed by atoms with Crippen molar-refractivity contribution in [3.05, 3.63) is 54.1 Å². The Labute approximate surface area is 188 Å². The van der Waals surface area contributed by atoms with Crippen LogP contribution in [0.2, 0.25) is 0 Å². The molecule has 0 spiro atoms. The number of hydrogen-bond donors (Lipinski definition) is 2. The maximum atomic E-state index is 13.1. The van der Waals surface area contributed by atoms with E-state index in [1.807, 2.05) is 0 Å². The number of benzene rings is 2. The summed E-state index contributed by atoms with van der Waals surface area (Å²) in [4.78, 5) is 24.7. The lowest BCUT2D eigenvalue weighted by molar-refractivity contribution is -0.145. The topological polar surface area (TPSA) is 113 Å². The zero-order chi connectivity index (χ0) is 23.4. The summed E-state index contributed by atoms with van der Waals surface area (Å²) in [6, 6.07) is 13.0. The molecule has 1 aliphatic heterocycles. The van der Waals surface area contributed by atoms with Gasteiger partial charge in [-0.2, -0.15) is 4.31 Å². The number of nitrogens with one attached hydrogen (secondary N) is 1. The SMILES string of the molecule is CCOc1ccc(NC(=O)CC(C)(C(=O)O)c2ccccc2)cc1S(=O)(=O)N1CCCC1. The van der Waals surface area contributed by atoms with Crippen LogP contribution in [0.4, 0.5) is 5.69 Å². The minimum atomic E-state index is -3.78. The molecular weight excluding hydrogens is 432 g/mol. The van der Waals surface area contributed by atoms with Crippen molar-refractivity contribution >= 4 is 27.6 Å². The van der Waals surface area contributed by atoms with Crippen LogP contribution >= 0.6 is 0 Å². The summed E-state index contributed by atoms with van der Waals surface area (Å²) in [6.07, 6.45) is 1.29. The van der Waals surface area contributed by atoms with E-state index in [4.69, 9.17) is 4.74 Å². The molecule has 9 heteroatoms. The molecule has 0 aliphatic carbocycles. The lowest BCUT2D eigenvalue weighted by atomic mass is 9.79. The third kappa shape index (κ3) is 4.94. The predicted molar refractivity (Wildman–Crippen MR) is 120 cm³/mol. The maximum absolute atomic E-state index is 13.1.